The Morgan fingerprint density at radius 1 is 0.413 bits per heavy atom. The van der Waals surface area contributed by atoms with E-state index >= 15 is 0 Å². The minimum absolute atomic E-state index is 0.0968. The summed E-state index contributed by atoms with van der Waals surface area (Å²) in [6.45, 7) is 0. The predicted octanol–water partition coefficient (Wildman–Crippen LogP) is 7.07. The SMILES string of the molecule is COc1ccc(/C=C\c2cc(OC)c(OC)c(OC)c2)cc1N.COc1ccc(/C=C\c2cc(OC)c(OC)c(OC)c2)cc1O. The molecule has 0 aromatic heterocycles. The number of rotatable bonds is 12. The van der Waals surface area contributed by atoms with E-state index in [0.717, 1.165) is 22.3 Å². The Kier molecular flexibility index (Phi) is 12.9. The van der Waals surface area contributed by atoms with E-state index in [-0.39, 0.29) is 5.75 Å². The van der Waals surface area contributed by atoms with Crippen LogP contribution in [0.4, 0.5) is 5.69 Å². The average molecular weight is 632 g/mol. The smallest absolute Gasteiger partial charge is 0.203 e. The van der Waals surface area contributed by atoms with E-state index in [1.165, 1.54) is 7.11 Å². The van der Waals surface area contributed by atoms with Gasteiger partial charge in [-0.15, -0.1) is 0 Å². The molecule has 0 saturated heterocycles. The van der Waals surface area contributed by atoms with Gasteiger partial charge in [-0.3, -0.25) is 0 Å². The van der Waals surface area contributed by atoms with Gasteiger partial charge in [-0.2, -0.15) is 0 Å². The molecule has 0 unspecified atom stereocenters. The first-order valence-electron chi connectivity index (χ1n) is 14.0. The molecule has 0 aliphatic carbocycles. The van der Waals surface area contributed by atoms with Crippen molar-refractivity contribution < 1.29 is 43.0 Å². The summed E-state index contributed by atoms with van der Waals surface area (Å²) in [5.74, 6) is 4.72. The third kappa shape index (κ3) is 8.72. The lowest BCUT2D eigenvalue weighted by atomic mass is 10.1. The normalized spacial score (nSPS) is 10.6. The summed E-state index contributed by atoms with van der Waals surface area (Å²) in [5, 5.41) is 9.81. The van der Waals surface area contributed by atoms with Crippen LogP contribution < -0.4 is 43.6 Å². The monoisotopic (exact) mass is 631 g/mol. The third-order valence-electron chi connectivity index (χ3n) is 6.77. The maximum atomic E-state index is 9.81. The highest BCUT2D eigenvalue weighted by atomic mass is 16.5. The summed E-state index contributed by atoms with van der Waals surface area (Å²) >= 11 is 0. The van der Waals surface area contributed by atoms with Crippen LogP contribution in [-0.4, -0.2) is 62.0 Å². The van der Waals surface area contributed by atoms with Crippen LogP contribution in [-0.2, 0) is 0 Å². The molecule has 10 nitrogen and oxygen atoms in total. The Hall–Kier alpha value is -5.64. The van der Waals surface area contributed by atoms with E-state index in [1.807, 2.05) is 72.8 Å². The van der Waals surface area contributed by atoms with Gasteiger partial charge >= 0.3 is 0 Å². The molecule has 0 atom stereocenters. The summed E-state index contributed by atoms with van der Waals surface area (Å²) < 4.78 is 42.1. The molecule has 0 saturated carbocycles. The van der Waals surface area contributed by atoms with E-state index in [2.05, 4.69) is 0 Å². The zero-order chi connectivity index (χ0) is 33.6. The second-order valence-electron chi connectivity index (χ2n) is 9.52. The quantitative estimate of drug-likeness (QED) is 0.124. The number of phenols is 1. The van der Waals surface area contributed by atoms with Crippen molar-refractivity contribution in [1.29, 1.82) is 0 Å². The zero-order valence-electron chi connectivity index (χ0n) is 27.4. The van der Waals surface area contributed by atoms with Crippen molar-refractivity contribution in [1.82, 2.24) is 0 Å². The van der Waals surface area contributed by atoms with Crippen LogP contribution >= 0.6 is 0 Å². The molecule has 0 aliphatic heterocycles. The molecule has 4 rings (SSSR count). The Morgan fingerprint density at radius 2 is 0.761 bits per heavy atom. The van der Waals surface area contributed by atoms with Crippen LogP contribution in [0.3, 0.4) is 0 Å². The lowest BCUT2D eigenvalue weighted by molar-refractivity contribution is 0.324. The molecule has 0 radical (unpaired) electrons. The predicted molar refractivity (Wildman–Crippen MR) is 182 cm³/mol. The standard InChI is InChI=1S/C18H21NO4.C18H20O5/c2*1-20-15-8-7-12(9-14(15)19)5-6-13-10-16(21-2)18(23-4)17(11-13)22-3/h5-11H,19H2,1-4H3;5-11,19H,1-4H3/b2*6-5-. The van der Waals surface area contributed by atoms with Crippen molar-refractivity contribution in [3.05, 3.63) is 82.9 Å². The van der Waals surface area contributed by atoms with Crippen molar-refractivity contribution in [2.45, 2.75) is 0 Å². The van der Waals surface area contributed by atoms with Gasteiger partial charge in [0.25, 0.3) is 0 Å². The Morgan fingerprint density at radius 3 is 1.09 bits per heavy atom. The summed E-state index contributed by atoms with van der Waals surface area (Å²) in [7, 11) is 12.6. The fraction of sp³-hybridized carbons (Fsp3) is 0.222. The van der Waals surface area contributed by atoms with E-state index in [1.54, 1.807) is 61.9 Å². The summed E-state index contributed by atoms with van der Waals surface area (Å²) in [6, 6.07) is 18.3. The maximum Gasteiger partial charge on any atom is 0.203 e. The lowest BCUT2D eigenvalue weighted by Crippen LogP contribution is -1.95. The van der Waals surface area contributed by atoms with Crippen molar-refractivity contribution in [2.24, 2.45) is 0 Å². The number of benzene rings is 4. The number of hydrogen-bond acceptors (Lipinski definition) is 10. The van der Waals surface area contributed by atoms with E-state index in [0.29, 0.717) is 51.7 Å². The molecular formula is C36H41NO9. The number of ether oxygens (including phenoxy) is 8. The van der Waals surface area contributed by atoms with Crippen LogP contribution in [0.1, 0.15) is 22.3 Å². The highest BCUT2D eigenvalue weighted by Crippen LogP contribution is 2.40. The maximum absolute atomic E-state index is 9.81. The van der Waals surface area contributed by atoms with Crippen molar-refractivity contribution in [2.75, 3.05) is 62.6 Å². The molecular weight excluding hydrogens is 590 g/mol. The highest BCUT2D eigenvalue weighted by Gasteiger charge is 2.13. The number of hydrogen-bond donors (Lipinski definition) is 2. The van der Waals surface area contributed by atoms with Gasteiger partial charge in [0.1, 0.15) is 5.75 Å². The molecule has 0 heterocycles. The lowest BCUT2D eigenvalue weighted by Gasteiger charge is -2.12. The molecule has 0 amide bonds. The van der Waals surface area contributed by atoms with Crippen molar-refractivity contribution >= 4 is 30.0 Å². The van der Waals surface area contributed by atoms with Crippen LogP contribution in [0, 0.1) is 0 Å². The van der Waals surface area contributed by atoms with Gasteiger partial charge in [0.05, 0.1) is 62.6 Å². The number of nitrogens with two attached hydrogens (primary N) is 1. The Bertz CT molecular complexity index is 1490. The Labute approximate surface area is 270 Å². The fourth-order valence-corrected chi connectivity index (χ4v) is 4.45. The van der Waals surface area contributed by atoms with Crippen LogP contribution in [0.15, 0.2) is 60.7 Å². The molecule has 0 fully saturated rings. The molecule has 4 aromatic carbocycles. The Balaban J connectivity index is 0.000000250. The molecule has 0 aliphatic rings. The van der Waals surface area contributed by atoms with Gasteiger partial charge in [-0.05, 0) is 70.8 Å². The van der Waals surface area contributed by atoms with Gasteiger partial charge in [0.2, 0.25) is 11.5 Å². The van der Waals surface area contributed by atoms with E-state index in [9.17, 15) is 5.11 Å². The first-order valence-corrected chi connectivity index (χ1v) is 14.0. The third-order valence-corrected chi connectivity index (χ3v) is 6.77. The van der Waals surface area contributed by atoms with E-state index < -0.39 is 0 Å². The number of methoxy groups -OCH3 is 8. The van der Waals surface area contributed by atoms with Gasteiger partial charge < -0.3 is 48.7 Å². The topological polar surface area (TPSA) is 120 Å². The summed E-state index contributed by atoms with van der Waals surface area (Å²) in [4.78, 5) is 0. The number of anilines is 1. The van der Waals surface area contributed by atoms with Gasteiger partial charge in [-0.25, -0.2) is 0 Å². The van der Waals surface area contributed by atoms with E-state index in [4.69, 9.17) is 43.6 Å². The van der Waals surface area contributed by atoms with Gasteiger partial charge in [-0.1, -0.05) is 36.4 Å². The molecule has 0 bridgehead atoms. The van der Waals surface area contributed by atoms with Crippen molar-refractivity contribution in [3.8, 4) is 51.7 Å². The number of aromatic hydroxyl groups is 1. The highest BCUT2D eigenvalue weighted by molar-refractivity contribution is 5.75. The van der Waals surface area contributed by atoms with Crippen LogP contribution in [0.5, 0.6) is 51.7 Å². The largest absolute Gasteiger partial charge is 0.504 e. The molecule has 10 heteroatoms. The van der Waals surface area contributed by atoms with Gasteiger partial charge in [0.15, 0.2) is 34.5 Å². The minimum atomic E-state index is 0.0968. The van der Waals surface area contributed by atoms with Crippen LogP contribution in [0.2, 0.25) is 0 Å². The molecule has 3 N–H and O–H groups in total. The van der Waals surface area contributed by atoms with Crippen molar-refractivity contribution in [3.63, 3.8) is 0 Å². The molecule has 0 spiro atoms. The fourth-order valence-electron chi connectivity index (χ4n) is 4.45. The minimum Gasteiger partial charge on any atom is -0.504 e. The average Bonchev–Trinajstić information content (AvgIpc) is 3.08. The second-order valence-corrected chi connectivity index (χ2v) is 9.52. The van der Waals surface area contributed by atoms with Gasteiger partial charge in [0, 0.05) is 0 Å². The van der Waals surface area contributed by atoms with Crippen LogP contribution in [0.25, 0.3) is 24.3 Å². The number of nitrogen functional groups attached to an aromatic ring is 1. The second kappa shape index (κ2) is 17.0. The molecule has 46 heavy (non-hydrogen) atoms. The zero-order valence-corrected chi connectivity index (χ0v) is 27.4. The number of phenolic OH excluding ortho intramolecular Hbond substituents is 1. The summed E-state index contributed by atoms with van der Waals surface area (Å²) in [5.41, 5.74) is 10.1. The molecule has 4 aromatic rings. The first kappa shape index (κ1) is 34.8. The summed E-state index contributed by atoms with van der Waals surface area (Å²) in [6.07, 6.45) is 7.67. The molecule has 244 valence electrons. The first-order chi connectivity index (χ1) is 22.2.